The van der Waals surface area contributed by atoms with Crippen molar-refractivity contribution in [1.29, 1.82) is 0 Å². The molecule has 0 aliphatic carbocycles. The van der Waals surface area contributed by atoms with Gasteiger partial charge in [0.25, 0.3) is 0 Å². The van der Waals surface area contributed by atoms with Crippen molar-refractivity contribution in [2.75, 3.05) is 11.9 Å². The maximum absolute atomic E-state index is 7.06. The lowest BCUT2D eigenvalue weighted by Gasteiger charge is -2.48. The van der Waals surface area contributed by atoms with Gasteiger partial charge in [-0.25, -0.2) is 4.99 Å². The van der Waals surface area contributed by atoms with Gasteiger partial charge in [0.1, 0.15) is 17.1 Å². The first-order chi connectivity index (χ1) is 15.0. The Bertz CT molecular complexity index is 1360. The Hall–Kier alpha value is -3.59. The number of benzene rings is 4. The van der Waals surface area contributed by atoms with Crippen LogP contribution in [0.15, 0.2) is 96.0 Å². The summed E-state index contributed by atoms with van der Waals surface area (Å²) in [6, 6.07) is 31.6. The monoisotopic (exact) mass is 404 g/mol. The summed E-state index contributed by atoms with van der Waals surface area (Å²) in [7, 11) is 2.12. The number of aliphatic imine (C=N–C) groups is 1. The van der Waals surface area contributed by atoms with Crippen molar-refractivity contribution in [2.45, 2.75) is 25.0 Å². The van der Waals surface area contributed by atoms with E-state index in [9.17, 15) is 0 Å². The molecule has 1 atom stereocenters. The van der Waals surface area contributed by atoms with E-state index in [0.717, 1.165) is 28.1 Å². The van der Waals surface area contributed by atoms with Crippen LogP contribution in [-0.2, 0) is 5.41 Å². The zero-order valence-electron chi connectivity index (χ0n) is 18.0. The van der Waals surface area contributed by atoms with Gasteiger partial charge in [-0.05, 0) is 36.9 Å². The largest absolute Gasteiger partial charge is 0.459 e. The Morgan fingerprint density at radius 3 is 2.29 bits per heavy atom. The lowest BCUT2D eigenvalue weighted by molar-refractivity contribution is 0.0781. The molecule has 0 fully saturated rings. The van der Waals surface area contributed by atoms with E-state index in [4.69, 9.17) is 9.73 Å². The molecule has 3 heteroatoms. The first-order valence-electron chi connectivity index (χ1n) is 10.7. The van der Waals surface area contributed by atoms with Gasteiger partial charge < -0.3 is 9.64 Å². The number of ether oxygens (including phenoxy) is 1. The summed E-state index contributed by atoms with van der Waals surface area (Å²) in [5, 5.41) is 2.28. The smallest absolute Gasteiger partial charge is 0.236 e. The molecule has 0 aromatic heterocycles. The van der Waals surface area contributed by atoms with E-state index in [0.29, 0.717) is 0 Å². The number of hydrogen-bond acceptors (Lipinski definition) is 3. The Morgan fingerprint density at radius 1 is 0.774 bits per heavy atom. The van der Waals surface area contributed by atoms with Crippen molar-refractivity contribution in [3.05, 3.63) is 102 Å². The average molecular weight is 405 g/mol. The van der Waals surface area contributed by atoms with E-state index >= 15 is 0 Å². The summed E-state index contributed by atoms with van der Waals surface area (Å²) < 4.78 is 7.06. The number of fused-ring (bicyclic) bond motifs is 4. The van der Waals surface area contributed by atoms with E-state index in [1.54, 1.807) is 0 Å². The maximum atomic E-state index is 7.06. The van der Waals surface area contributed by atoms with Crippen molar-refractivity contribution in [3.63, 3.8) is 0 Å². The molecule has 31 heavy (non-hydrogen) atoms. The third kappa shape index (κ3) is 2.26. The molecular formula is C28H24N2O. The molecule has 0 radical (unpaired) electrons. The van der Waals surface area contributed by atoms with Crippen LogP contribution in [0.25, 0.3) is 10.8 Å². The van der Waals surface area contributed by atoms with Crippen LogP contribution in [0, 0.1) is 0 Å². The Labute approximate surface area is 182 Å². The van der Waals surface area contributed by atoms with Crippen molar-refractivity contribution in [1.82, 2.24) is 0 Å². The van der Waals surface area contributed by atoms with Gasteiger partial charge in [-0.15, -0.1) is 0 Å². The molecule has 2 aliphatic heterocycles. The molecule has 152 valence electrons. The molecule has 4 aromatic rings. The fourth-order valence-electron chi connectivity index (χ4n) is 5.40. The number of nitrogens with zero attached hydrogens (tertiary/aromatic N) is 2. The van der Waals surface area contributed by atoms with Gasteiger partial charge in [0.15, 0.2) is 0 Å². The van der Waals surface area contributed by atoms with Crippen molar-refractivity contribution < 1.29 is 4.74 Å². The van der Waals surface area contributed by atoms with Gasteiger partial charge in [-0.1, -0.05) is 78.9 Å². The van der Waals surface area contributed by atoms with Crippen LogP contribution in [0.4, 0.5) is 11.4 Å². The summed E-state index contributed by atoms with van der Waals surface area (Å²) in [6.45, 7) is 4.53. The summed E-state index contributed by atoms with van der Waals surface area (Å²) in [5.41, 5.74) is 4.30. The summed E-state index contributed by atoms with van der Waals surface area (Å²) in [5.74, 6) is 0.825. The van der Waals surface area contributed by atoms with Crippen LogP contribution in [-0.4, -0.2) is 18.5 Å². The van der Waals surface area contributed by atoms with Crippen LogP contribution in [0.5, 0.6) is 5.75 Å². The van der Waals surface area contributed by atoms with Gasteiger partial charge in [0.05, 0.1) is 5.41 Å². The Morgan fingerprint density at radius 2 is 1.48 bits per heavy atom. The van der Waals surface area contributed by atoms with Crippen LogP contribution in [0.2, 0.25) is 0 Å². The van der Waals surface area contributed by atoms with Crippen LogP contribution in [0.1, 0.15) is 25.0 Å². The molecule has 0 N–H and O–H groups in total. The lowest BCUT2D eigenvalue weighted by atomic mass is 9.73. The van der Waals surface area contributed by atoms with E-state index in [1.165, 1.54) is 16.6 Å². The predicted octanol–water partition coefficient (Wildman–Crippen LogP) is 6.48. The highest BCUT2D eigenvalue weighted by atomic mass is 16.5. The van der Waals surface area contributed by atoms with Gasteiger partial charge in [0.2, 0.25) is 5.72 Å². The normalized spacial score (nSPS) is 20.9. The molecule has 6 rings (SSSR count). The van der Waals surface area contributed by atoms with Gasteiger partial charge >= 0.3 is 0 Å². The third-order valence-electron chi connectivity index (χ3n) is 6.97. The molecule has 2 aliphatic rings. The highest BCUT2D eigenvalue weighted by Gasteiger charge is 2.62. The molecule has 0 bridgehead atoms. The minimum absolute atomic E-state index is 0.323. The zero-order chi connectivity index (χ0) is 21.2. The Balaban J connectivity index is 1.70. The minimum Gasteiger partial charge on any atom is -0.459 e. The number of rotatable bonds is 1. The first-order valence-corrected chi connectivity index (χ1v) is 10.7. The van der Waals surface area contributed by atoms with Crippen LogP contribution in [0.3, 0.4) is 0 Å². The lowest BCUT2D eigenvalue weighted by Crippen LogP contribution is -2.65. The van der Waals surface area contributed by atoms with Crippen molar-refractivity contribution in [3.8, 4) is 5.75 Å². The number of anilines is 1. The average Bonchev–Trinajstić information content (AvgIpc) is 2.98. The SMILES string of the molecule is CN1c2ccccc2C(C)(C)C12Oc1ccc3ccccc3c1N=C2c1ccccc1. The molecule has 0 amide bonds. The molecule has 0 saturated heterocycles. The molecule has 2 heterocycles. The van der Waals surface area contributed by atoms with Gasteiger partial charge in [-0.3, -0.25) is 0 Å². The van der Waals surface area contributed by atoms with E-state index in [1.807, 2.05) is 6.07 Å². The number of hydrogen-bond donors (Lipinski definition) is 0. The number of para-hydroxylation sites is 1. The summed E-state index contributed by atoms with van der Waals surface area (Å²) >= 11 is 0. The molecule has 4 aromatic carbocycles. The second kappa shape index (κ2) is 6.21. The fraction of sp³-hybridized carbons (Fsp3) is 0.179. The first kappa shape index (κ1) is 18.2. The van der Waals surface area contributed by atoms with Crippen molar-refractivity contribution >= 4 is 27.9 Å². The highest BCUT2D eigenvalue weighted by molar-refractivity contribution is 6.15. The Kier molecular flexibility index (Phi) is 3.64. The molecule has 0 saturated carbocycles. The van der Waals surface area contributed by atoms with E-state index < -0.39 is 5.72 Å². The maximum Gasteiger partial charge on any atom is 0.236 e. The molecular weight excluding hydrogens is 380 g/mol. The summed E-state index contributed by atoms with van der Waals surface area (Å²) in [4.78, 5) is 7.63. The van der Waals surface area contributed by atoms with Crippen LogP contribution < -0.4 is 9.64 Å². The molecule has 3 nitrogen and oxygen atoms in total. The predicted molar refractivity (Wildman–Crippen MR) is 128 cm³/mol. The standard InChI is InChI=1S/C28H24N2O/c1-27(2)22-15-9-10-16-23(22)30(3)28(27)26(20-12-5-4-6-13-20)29-25-21-14-8-7-11-19(21)17-18-24(25)31-28/h4-18H,1-3H3. The second-order valence-electron chi connectivity index (χ2n) is 8.91. The summed E-state index contributed by atoms with van der Waals surface area (Å²) in [6.07, 6.45) is 0. The quantitative estimate of drug-likeness (QED) is 0.363. The van der Waals surface area contributed by atoms with Gasteiger partial charge in [0, 0.05) is 23.7 Å². The second-order valence-corrected chi connectivity index (χ2v) is 8.91. The minimum atomic E-state index is -0.756. The van der Waals surface area contributed by atoms with Crippen molar-refractivity contribution in [2.24, 2.45) is 4.99 Å². The fourth-order valence-corrected chi connectivity index (χ4v) is 5.40. The van der Waals surface area contributed by atoms with E-state index in [2.05, 4.69) is 111 Å². The third-order valence-corrected chi connectivity index (χ3v) is 6.97. The highest BCUT2D eigenvalue weighted by Crippen LogP contribution is 2.56. The van der Waals surface area contributed by atoms with E-state index in [-0.39, 0.29) is 5.41 Å². The van der Waals surface area contributed by atoms with Gasteiger partial charge in [-0.2, -0.15) is 0 Å². The number of likely N-dealkylation sites (N-methyl/N-ethyl adjacent to an activating group) is 1. The molecule has 1 unspecified atom stereocenters. The molecule has 1 spiro atoms. The van der Waals surface area contributed by atoms with Crippen LogP contribution >= 0.6 is 0 Å². The zero-order valence-corrected chi connectivity index (χ0v) is 18.0. The topological polar surface area (TPSA) is 24.8 Å².